The smallest absolute Gasteiger partial charge is 0.143 e. The van der Waals surface area contributed by atoms with Crippen molar-refractivity contribution in [3.05, 3.63) is 0 Å². The van der Waals surface area contributed by atoms with Crippen molar-refractivity contribution in [2.45, 2.75) is 0 Å². The van der Waals surface area contributed by atoms with E-state index in [9.17, 15) is 0 Å². The average Bonchev–Trinajstić information content (AvgIpc) is 3.91. The van der Waals surface area contributed by atoms with Crippen molar-refractivity contribution in [3.8, 4) is 33.4 Å². The highest BCUT2D eigenvalue weighted by Crippen LogP contribution is 2.41. The van der Waals surface area contributed by atoms with Gasteiger partial charge in [-0.15, -0.1) is 49.2 Å². The van der Waals surface area contributed by atoms with Gasteiger partial charge in [0, 0.05) is 10.8 Å². The second-order valence-corrected chi connectivity index (χ2v) is 26.3. The topological polar surface area (TPSA) is 13.1 Å². The minimum atomic E-state index is 1.02. The number of rotatable bonds is 3. The van der Waals surface area contributed by atoms with Gasteiger partial charge in [-0.2, -0.15) is 0 Å². The first kappa shape index (κ1) is 58.0. The van der Waals surface area contributed by atoms with Crippen LogP contribution in [-0.4, -0.2) is 235 Å². The molecule has 1 aromatic heterocycles. The molecule has 11 rings (SSSR count). The predicted molar refractivity (Wildman–Crippen MR) is 463 cm³/mol. The second-order valence-electron chi connectivity index (χ2n) is 26.3. The summed E-state index contributed by atoms with van der Waals surface area (Å²) in [5.41, 5.74) is 51.4. The van der Waals surface area contributed by atoms with E-state index in [4.69, 9.17) is 4.42 Å². The molecule has 0 saturated carbocycles. The van der Waals surface area contributed by atoms with Gasteiger partial charge >= 0.3 is 0 Å². The Bertz CT molecular complexity index is 4850. The first-order chi connectivity index (χ1) is 37.8. The van der Waals surface area contributed by atoms with Crippen molar-refractivity contribution in [2.75, 3.05) is 0 Å². The Labute approximate surface area is 509 Å². The van der Waals surface area contributed by atoms with E-state index in [1.165, 1.54) is 262 Å². The van der Waals surface area contributed by atoms with Crippen LogP contribution in [0.2, 0.25) is 0 Å². The molecule has 0 spiro atoms. The molecule has 0 unspecified atom stereocenters. The Hall–Kier alpha value is -4.75. The lowest BCUT2D eigenvalue weighted by atomic mass is 9.55. The van der Waals surface area contributed by atoms with Crippen LogP contribution in [0.25, 0.3) is 109 Å². The zero-order valence-electron chi connectivity index (χ0n) is 55.4. The Morgan fingerprint density at radius 3 is 0.679 bits per heavy atom. The molecule has 0 aliphatic heterocycles. The standard InChI is InChI=1S/C50H60B30O/c51-19-11(32(64)38(70)35(67)17(19)16-20(52)13-7(22(54)31(16)63)8-14(30(62)29(13)61)33(65)45(77)43(75)27(8)59)1-3-5(25(57)41(73)39(71)23(3)55)2(6-4(1)24(56)40(72)42(74)26(6)58)12-21(53)18-10-9-15(34(66)46(78)44(76)28(9)60)37(69)47(79)49(10)81-50(18)48(80)36(12)68/h51-80H2. The van der Waals surface area contributed by atoms with Crippen molar-refractivity contribution < 1.29 is 4.42 Å². The molecule has 0 saturated heterocycles. The summed E-state index contributed by atoms with van der Waals surface area (Å²) in [4.78, 5) is 0. The van der Waals surface area contributed by atoms with Crippen LogP contribution < -0.4 is 164 Å². The molecular formula is C50H60B30O. The Morgan fingerprint density at radius 1 is 0.111 bits per heavy atom. The largest absolute Gasteiger partial charge is 0.457 e. The van der Waals surface area contributed by atoms with E-state index in [1.54, 1.807) is 0 Å². The van der Waals surface area contributed by atoms with Crippen LogP contribution >= 0.6 is 0 Å². The summed E-state index contributed by atoms with van der Waals surface area (Å²) in [5.74, 6) is 0. The van der Waals surface area contributed by atoms with Crippen LogP contribution in [0.15, 0.2) is 4.42 Å². The summed E-state index contributed by atoms with van der Waals surface area (Å²) in [6.45, 7) is 0. The number of furan rings is 1. The zero-order valence-corrected chi connectivity index (χ0v) is 55.4. The second kappa shape index (κ2) is 19.4. The van der Waals surface area contributed by atoms with E-state index in [1.807, 2.05) is 0 Å². The van der Waals surface area contributed by atoms with Gasteiger partial charge in [0.05, 0.1) is 0 Å². The molecule has 1 nitrogen and oxygen atoms in total. The van der Waals surface area contributed by atoms with Gasteiger partial charge in [-0.25, -0.2) is 0 Å². The van der Waals surface area contributed by atoms with Crippen molar-refractivity contribution in [1.82, 2.24) is 0 Å². The summed E-state index contributed by atoms with van der Waals surface area (Å²) in [6, 6.07) is 0. The normalized spacial score (nSPS) is 12.0. The molecule has 10 aromatic carbocycles. The molecule has 0 radical (unpaired) electrons. The van der Waals surface area contributed by atoms with Crippen LogP contribution in [0.4, 0.5) is 0 Å². The number of benzene rings is 10. The van der Waals surface area contributed by atoms with Crippen molar-refractivity contribution >= 4 is 475 Å². The predicted octanol–water partition coefficient (Wildman–Crippen LogP) is -37.9. The monoisotopic (exact) mass is 1010 g/mol. The van der Waals surface area contributed by atoms with E-state index >= 15 is 0 Å². The Kier molecular flexibility index (Phi) is 13.9. The van der Waals surface area contributed by atoms with Crippen LogP contribution in [0.5, 0.6) is 0 Å². The highest BCUT2D eigenvalue weighted by atomic mass is 16.3. The van der Waals surface area contributed by atoms with E-state index in [2.05, 4.69) is 235 Å². The fourth-order valence-corrected chi connectivity index (χ4v) is 16.6. The maximum absolute atomic E-state index is 7.32. The highest BCUT2D eigenvalue weighted by molar-refractivity contribution is 6.79. The van der Waals surface area contributed by atoms with Crippen LogP contribution in [0, 0.1) is 0 Å². The molecule has 0 aliphatic carbocycles. The molecule has 1 heterocycles. The van der Waals surface area contributed by atoms with Gasteiger partial charge in [0.15, 0.2) is 0 Å². The SMILES string of the molecule is Bc1c(B)c(-c2c(B)c(B)c3c(c2B)c(B)c(B)c2c(B)c(B)c(B)c(B)c23)c(B)c(-c2c3c(B)c(B)c(B)c(B)c3c(-c3c(B)c(B)c4oc5c(B)c(B)c6c(B)c(B)c(B)c(B)c6c5c4c3B)c3c(B)c(B)c(B)c(B)c23)c1B. The van der Waals surface area contributed by atoms with Gasteiger partial charge < -0.3 is 4.42 Å². The minimum Gasteiger partial charge on any atom is -0.457 e. The molecule has 0 fully saturated rings. The molecule has 0 N–H and O–H groups in total. The van der Waals surface area contributed by atoms with Gasteiger partial charge in [0.25, 0.3) is 0 Å². The van der Waals surface area contributed by atoms with Gasteiger partial charge in [0.2, 0.25) is 0 Å². The third-order valence-corrected chi connectivity index (χ3v) is 23.5. The summed E-state index contributed by atoms with van der Waals surface area (Å²) in [7, 11) is 71.5. The lowest BCUT2D eigenvalue weighted by molar-refractivity contribution is 0.675. The maximum atomic E-state index is 7.32. The Morgan fingerprint density at radius 2 is 0.296 bits per heavy atom. The first-order valence-electron chi connectivity index (χ1n) is 30.2. The number of hydrogen-bond acceptors (Lipinski definition) is 1. The van der Waals surface area contributed by atoms with Gasteiger partial charge in [-0.05, 0) is 87.2 Å². The van der Waals surface area contributed by atoms with Crippen molar-refractivity contribution in [3.63, 3.8) is 0 Å². The van der Waals surface area contributed by atoms with Gasteiger partial charge in [0.1, 0.15) is 247 Å². The quantitative estimate of drug-likeness (QED) is 0.0977. The van der Waals surface area contributed by atoms with E-state index in [0.29, 0.717) is 0 Å². The number of fused-ring (bicyclic) bond motifs is 10. The molecule has 81 heavy (non-hydrogen) atoms. The van der Waals surface area contributed by atoms with Crippen LogP contribution in [0.1, 0.15) is 0 Å². The summed E-state index contributed by atoms with van der Waals surface area (Å²) in [5, 5.41) is 16.6. The number of hydrogen-bond donors (Lipinski definition) is 0. The molecule has 0 bridgehead atoms. The van der Waals surface area contributed by atoms with E-state index in [-0.39, 0.29) is 0 Å². The molecule has 0 amide bonds. The third kappa shape index (κ3) is 7.30. The molecular weight excluding hydrogens is 941 g/mol. The van der Waals surface area contributed by atoms with Crippen molar-refractivity contribution in [1.29, 1.82) is 0 Å². The fourth-order valence-electron chi connectivity index (χ4n) is 16.6. The van der Waals surface area contributed by atoms with E-state index < -0.39 is 0 Å². The summed E-state index contributed by atoms with van der Waals surface area (Å²) < 4.78 is 7.32. The Balaban J connectivity index is 1.38. The van der Waals surface area contributed by atoms with Gasteiger partial charge in [-0.3, -0.25) is 0 Å². The van der Waals surface area contributed by atoms with Crippen LogP contribution in [0.3, 0.4) is 0 Å². The first-order valence-corrected chi connectivity index (χ1v) is 30.2. The highest BCUT2D eigenvalue weighted by Gasteiger charge is 2.32. The maximum Gasteiger partial charge on any atom is 0.143 e. The van der Waals surface area contributed by atoms with Gasteiger partial charge in [-0.1, -0.05) is 115 Å². The average molecular weight is 1000 g/mol. The molecule has 0 aliphatic rings. The molecule has 31 heteroatoms. The summed E-state index contributed by atoms with van der Waals surface area (Å²) in [6.07, 6.45) is 0. The lowest BCUT2D eigenvalue weighted by Gasteiger charge is -2.32. The summed E-state index contributed by atoms with van der Waals surface area (Å²) >= 11 is 0. The van der Waals surface area contributed by atoms with Crippen molar-refractivity contribution in [2.24, 2.45) is 0 Å². The van der Waals surface area contributed by atoms with Crippen LogP contribution in [-0.2, 0) is 0 Å². The zero-order chi connectivity index (χ0) is 59.6. The van der Waals surface area contributed by atoms with E-state index in [0.717, 1.165) is 11.2 Å². The molecule has 11 aromatic rings. The fraction of sp³-hybridized carbons (Fsp3) is 0. The lowest BCUT2D eigenvalue weighted by Crippen LogP contribution is -2.52. The molecule has 356 valence electrons. The minimum absolute atomic E-state index is 1.02. The third-order valence-electron chi connectivity index (χ3n) is 23.5. The molecule has 0 atom stereocenters.